The van der Waals surface area contributed by atoms with Crippen molar-refractivity contribution in [3.05, 3.63) is 60.2 Å². The van der Waals surface area contributed by atoms with Crippen molar-refractivity contribution in [2.45, 2.75) is 6.42 Å². The number of para-hydroxylation sites is 1. The first kappa shape index (κ1) is 12.7. The van der Waals surface area contributed by atoms with Crippen LogP contribution in [0.4, 0.5) is 5.69 Å². The smallest absolute Gasteiger partial charge is 0.118 e. The number of ether oxygens (including phenoxy) is 1. The van der Waals surface area contributed by atoms with Gasteiger partial charge in [-0.15, -0.1) is 0 Å². The fraction of sp³-hybridized carbons (Fsp3) is 0.133. The summed E-state index contributed by atoms with van der Waals surface area (Å²) in [5.41, 5.74) is 1.98. The summed E-state index contributed by atoms with van der Waals surface area (Å²) >= 11 is 6.14. The zero-order chi connectivity index (χ0) is 12.8. The average Bonchev–Trinajstić information content (AvgIpc) is 2.40. The highest BCUT2D eigenvalue weighted by atomic mass is 35.5. The normalized spacial score (nSPS) is 11.3. The molecule has 2 rings (SSSR count). The lowest BCUT2D eigenvalue weighted by atomic mass is 10.1. The Labute approximate surface area is 112 Å². The van der Waals surface area contributed by atoms with Crippen molar-refractivity contribution in [3.8, 4) is 5.75 Å². The van der Waals surface area contributed by atoms with E-state index in [0.717, 1.165) is 17.0 Å². The number of hydrogen-bond donors (Lipinski definition) is 0. The summed E-state index contributed by atoms with van der Waals surface area (Å²) in [6.45, 7) is 0. The molecule has 2 aromatic rings. The first-order valence-electron chi connectivity index (χ1n) is 5.69. The summed E-state index contributed by atoms with van der Waals surface area (Å²) in [5.74, 6) is 0.842. The van der Waals surface area contributed by atoms with Crippen LogP contribution < -0.4 is 4.74 Å². The molecule has 92 valence electrons. The van der Waals surface area contributed by atoms with Crippen LogP contribution in [0.2, 0.25) is 0 Å². The molecule has 0 fully saturated rings. The minimum atomic E-state index is 0.575. The molecular formula is C15H14ClNO. The molecule has 18 heavy (non-hydrogen) atoms. The molecule has 0 bridgehead atoms. The fourth-order valence-corrected chi connectivity index (χ4v) is 1.85. The molecule has 0 aromatic heterocycles. The summed E-state index contributed by atoms with van der Waals surface area (Å²) in [5, 5.41) is 0.575. The third kappa shape index (κ3) is 3.60. The molecular weight excluding hydrogens is 246 g/mol. The lowest BCUT2D eigenvalue weighted by Gasteiger charge is -2.02. The number of methoxy groups -OCH3 is 1. The van der Waals surface area contributed by atoms with E-state index in [2.05, 4.69) is 4.99 Å². The van der Waals surface area contributed by atoms with Crippen molar-refractivity contribution in [2.75, 3.05) is 7.11 Å². The number of nitrogens with zero attached hydrogens (tertiary/aromatic N) is 1. The summed E-state index contributed by atoms with van der Waals surface area (Å²) < 4.78 is 5.11. The van der Waals surface area contributed by atoms with Crippen LogP contribution in [0, 0.1) is 0 Å². The fourth-order valence-electron chi connectivity index (χ4n) is 1.59. The Hall–Kier alpha value is -1.80. The Morgan fingerprint density at radius 2 is 1.72 bits per heavy atom. The van der Waals surface area contributed by atoms with Gasteiger partial charge in [0.15, 0.2) is 0 Å². The second-order valence-corrected chi connectivity index (χ2v) is 4.28. The van der Waals surface area contributed by atoms with Crippen molar-refractivity contribution in [3.63, 3.8) is 0 Å². The summed E-state index contributed by atoms with van der Waals surface area (Å²) in [6, 6.07) is 17.5. The highest BCUT2D eigenvalue weighted by Crippen LogP contribution is 2.15. The average molecular weight is 260 g/mol. The van der Waals surface area contributed by atoms with Crippen molar-refractivity contribution < 1.29 is 4.74 Å². The minimum absolute atomic E-state index is 0.575. The predicted molar refractivity (Wildman–Crippen MR) is 76.1 cm³/mol. The van der Waals surface area contributed by atoms with Crippen LogP contribution in [0.1, 0.15) is 5.56 Å². The second kappa shape index (κ2) is 6.22. The van der Waals surface area contributed by atoms with Gasteiger partial charge in [0, 0.05) is 6.42 Å². The van der Waals surface area contributed by atoms with Crippen LogP contribution in [0.5, 0.6) is 5.75 Å². The molecule has 0 radical (unpaired) electrons. The maximum absolute atomic E-state index is 6.14. The van der Waals surface area contributed by atoms with E-state index in [1.807, 2.05) is 54.6 Å². The van der Waals surface area contributed by atoms with Gasteiger partial charge in [-0.25, -0.2) is 4.99 Å². The molecule has 0 saturated heterocycles. The third-order valence-electron chi connectivity index (χ3n) is 2.52. The maximum atomic E-state index is 6.14. The maximum Gasteiger partial charge on any atom is 0.118 e. The number of hydrogen-bond acceptors (Lipinski definition) is 2. The number of rotatable bonds is 4. The lowest BCUT2D eigenvalue weighted by Crippen LogP contribution is -1.94. The largest absolute Gasteiger partial charge is 0.497 e. The highest BCUT2D eigenvalue weighted by molar-refractivity contribution is 6.65. The zero-order valence-corrected chi connectivity index (χ0v) is 10.9. The van der Waals surface area contributed by atoms with Gasteiger partial charge in [-0.1, -0.05) is 41.9 Å². The van der Waals surface area contributed by atoms with Crippen LogP contribution in [0.3, 0.4) is 0 Å². The summed E-state index contributed by atoms with van der Waals surface area (Å²) in [7, 11) is 1.65. The van der Waals surface area contributed by atoms with Gasteiger partial charge < -0.3 is 4.74 Å². The standard InChI is InChI=1S/C15H14ClNO/c1-18-14-9-7-12(8-10-14)11-15(16)17-13-5-3-2-4-6-13/h2-10H,11H2,1H3/b17-15+. The van der Waals surface area contributed by atoms with Crippen LogP contribution >= 0.6 is 11.6 Å². The van der Waals surface area contributed by atoms with E-state index in [-0.39, 0.29) is 0 Å². The molecule has 0 saturated carbocycles. The second-order valence-electron chi connectivity index (χ2n) is 3.85. The van der Waals surface area contributed by atoms with Gasteiger partial charge in [0.25, 0.3) is 0 Å². The predicted octanol–water partition coefficient (Wildman–Crippen LogP) is 4.21. The molecule has 0 amide bonds. The summed E-state index contributed by atoms with van der Waals surface area (Å²) in [4.78, 5) is 4.35. The van der Waals surface area contributed by atoms with Crippen LogP contribution in [0.25, 0.3) is 0 Å². The Kier molecular flexibility index (Phi) is 4.37. The molecule has 0 aliphatic carbocycles. The van der Waals surface area contributed by atoms with E-state index >= 15 is 0 Å². The first-order chi connectivity index (χ1) is 8.78. The Balaban J connectivity index is 2.06. The molecule has 2 nitrogen and oxygen atoms in total. The molecule has 0 aliphatic rings. The zero-order valence-electron chi connectivity index (χ0n) is 10.1. The molecule has 0 atom stereocenters. The van der Waals surface area contributed by atoms with Gasteiger partial charge in [0.1, 0.15) is 10.9 Å². The Morgan fingerprint density at radius 1 is 1.06 bits per heavy atom. The van der Waals surface area contributed by atoms with Gasteiger partial charge in [-0.3, -0.25) is 0 Å². The minimum Gasteiger partial charge on any atom is -0.497 e. The van der Waals surface area contributed by atoms with Gasteiger partial charge in [-0.05, 0) is 29.8 Å². The monoisotopic (exact) mass is 259 g/mol. The molecule has 2 aromatic carbocycles. The SMILES string of the molecule is COc1ccc(C/C(Cl)=N\c2ccccc2)cc1. The van der Waals surface area contributed by atoms with E-state index in [9.17, 15) is 0 Å². The Bertz CT molecular complexity index is 520. The topological polar surface area (TPSA) is 21.6 Å². The van der Waals surface area contributed by atoms with Crippen LogP contribution in [0.15, 0.2) is 59.6 Å². The van der Waals surface area contributed by atoms with Gasteiger partial charge in [-0.2, -0.15) is 0 Å². The summed E-state index contributed by atoms with van der Waals surface area (Å²) in [6.07, 6.45) is 0.625. The first-order valence-corrected chi connectivity index (χ1v) is 6.07. The van der Waals surface area contributed by atoms with Gasteiger partial charge in [0.05, 0.1) is 12.8 Å². The highest BCUT2D eigenvalue weighted by Gasteiger charge is 1.99. The molecule has 0 heterocycles. The van der Waals surface area contributed by atoms with Crippen LogP contribution in [-0.2, 0) is 6.42 Å². The van der Waals surface area contributed by atoms with E-state index in [4.69, 9.17) is 16.3 Å². The molecule has 0 unspecified atom stereocenters. The van der Waals surface area contributed by atoms with Crippen LogP contribution in [-0.4, -0.2) is 12.3 Å². The number of benzene rings is 2. The van der Waals surface area contributed by atoms with Crippen molar-refractivity contribution in [2.24, 2.45) is 4.99 Å². The quantitative estimate of drug-likeness (QED) is 0.754. The van der Waals surface area contributed by atoms with E-state index in [0.29, 0.717) is 11.6 Å². The van der Waals surface area contributed by atoms with Gasteiger partial charge in [0.2, 0.25) is 0 Å². The van der Waals surface area contributed by atoms with E-state index < -0.39 is 0 Å². The molecule has 3 heteroatoms. The van der Waals surface area contributed by atoms with Gasteiger partial charge >= 0.3 is 0 Å². The molecule has 0 N–H and O–H groups in total. The van der Waals surface area contributed by atoms with Crippen molar-refractivity contribution in [1.29, 1.82) is 0 Å². The van der Waals surface area contributed by atoms with E-state index in [1.54, 1.807) is 7.11 Å². The lowest BCUT2D eigenvalue weighted by molar-refractivity contribution is 0.414. The number of aliphatic imine (C=N–C) groups is 1. The van der Waals surface area contributed by atoms with Crippen molar-refractivity contribution >= 4 is 22.5 Å². The Morgan fingerprint density at radius 3 is 2.33 bits per heavy atom. The van der Waals surface area contributed by atoms with E-state index in [1.165, 1.54) is 0 Å². The van der Waals surface area contributed by atoms with Crippen molar-refractivity contribution in [1.82, 2.24) is 0 Å². The molecule has 0 spiro atoms. The number of halogens is 1. The molecule has 0 aliphatic heterocycles. The third-order valence-corrected chi connectivity index (χ3v) is 2.73.